The predicted molar refractivity (Wildman–Crippen MR) is 107 cm³/mol. The molecule has 0 spiro atoms. The summed E-state index contributed by atoms with van der Waals surface area (Å²) in [6, 6.07) is 14.7. The number of ether oxygens (including phenoxy) is 2. The lowest BCUT2D eigenvalue weighted by atomic mass is 9.77. The van der Waals surface area contributed by atoms with Gasteiger partial charge in [-0.15, -0.1) is 0 Å². The Morgan fingerprint density at radius 3 is 1.89 bits per heavy atom. The first-order chi connectivity index (χ1) is 13.5. The number of nitrogens with zero attached hydrogens (tertiary/aromatic N) is 1. The number of Topliss-reactive ketones (excluding diaryl/α,β-unsaturated/α-hetero) is 1. The van der Waals surface area contributed by atoms with Gasteiger partial charge in [0, 0.05) is 19.3 Å². The highest BCUT2D eigenvalue weighted by Crippen LogP contribution is 2.45. The van der Waals surface area contributed by atoms with Gasteiger partial charge in [-0.1, -0.05) is 31.2 Å². The summed E-state index contributed by atoms with van der Waals surface area (Å²) in [5.74, 6) is 1.44. The van der Waals surface area contributed by atoms with E-state index in [2.05, 4.69) is 0 Å². The molecule has 148 valence electrons. The fourth-order valence-electron chi connectivity index (χ4n) is 4.17. The Hall–Kier alpha value is -2.82. The smallest absolute Gasteiger partial charge is 0.220 e. The van der Waals surface area contributed by atoms with Crippen molar-refractivity contribution in [3.8, 4) is 11.5 Å². The summed E-state index contributed by atoms with van der Waals surface area (Å²) >= 11 is 0. The number of amides is 1. The summed E-state index contributed by atoms with van der Waals surface area (Å²) < 4.78 is 10.5. The Bertz CT molecular complexity index is 829. The van der Waals surface area contributed by atoms with Gasteiger partial charge in [0.05, 0.1) is 26.3 Å². The van der Waals surface area contributed by atoms with E-state index in [4.69, 9.17) is 9.47 Å². The maximum atomic E-state index is 13.0. The molecule has 1 aliphatic heterocycles. The summed E-state index contributed by atoms with van der Waals surface area (Å²) in [5, 5.41) is 0. The van der Waals surface area contributed by atoms with Crippen molar-refractivity contribution in [2.24, 2.45) is 5.92 Å². The average Bonchev–Trinajstić information content (AvgIpc) is 2.72. The normalized spacial score (nSPS) is 22.1. The number of methoxy groups -OCH3 is 2. The van der Waals surface area contributed by atoms with Crippen LogP contribution in [0.1, 0.15) is 49.9 Å². The lowest BCUT2D eigenvalue weighted by molar-refractivity contribution is -0.145. The minimum atomic E-state index is -0.290. The Kier molecular flexibility index (Phi) is 6.02. The fourth-order valence-corrected chi connectivity index (χ4v) is 4.17. The first-order valence-corrected chi connectivity index (χ1v) is 9.59. The summed E-state index contributed by atoms with van der Waals surface area (Å²) in [5.41, 5.74) is 1.90. The molecule has 0 unspecified atom stereocenters. The van der Waals surface area contributed by atoms with E-state index >= 15 is 0 Å². The summed E-state index contributed by atoms with van der Waals surface area (Å²) in [6.45, 7) is 3.58. The molecule has 0 saturated carbocycles. The van der Waals surface area contributed by atoms with Crippen LogP contribution in [0.5, 0.6) is 11.5 Å². The van der Waals surface area contributed by atoms with Crippen molar-refractivity contribution in [1.82, 2.24) is 4.90 Å². The van der Waals surface area contributed by atoms with Gasteiger partial charge in [0.25, 0.3) is 0 Å². The molecule has 1 fully saturated rings. The highest BCUT2D eigenvalue weighted by molar-refractivity contribution is 5.87. The van der Waals surface area contributed by atoms with Crippen molar-refractivity contribution in [3.63, 3.8) is 0 Å². The molecule has 1 aliphatic rings. The van der Waals surface area contributed by atoms with Gasteiger partial charge in [0.1, 0.15) is 17.3 Å². The number of piperidine rings is 1. The number of benzene rings is 2. The number of likely N-dealkylation sites (tertiary alicyclic amines) is 1. The Morgan fingerprint density at radius 2 is 1.46 bits per heavy atom. The van der Waals surface area contributed by atoms with Crippen LogP contribution in [-0.4, -0.2) is 30.8 Å². The van der Waals surface area contributed by atoms with Gasteiger partial charge in [-0.2, -0.15) is 0 Å². The summed E-state index contributed by atoms with van der Waals surface area (Å²) in [7, 11) is 3.24. The molecule has 2 aromatic rings. The highest BCUT2D eigenvalue weighted by Gasteiger charge is 2.44. The molecular weight excluding hydrogens is 354 g/mol. The van der Waals surface area contributed by atoms with Crippen LogP contribution in [0, 0.1) is 5.92 Å². The molecule has 3 atom stereocenters. The second-order valence-electron chi connectivity index (χ2n) is 7.12. The van der Waals surface area contributed by atoms with E-state index < -0.39 is 0 Å². The Labute approximate surface area is 166 Å². The molecule has 0 bridgehead atoms. The zero-order chi connectivity index (χ0) is 20.3. The first-order valence-electron chi connectivity index (χ1n) is 9.59. The number of hydrogen-bond acceptors (Lipinski definition) is 4. The van der Waals surface area contributed by atoms with Crippen molar-refractivity contribution in [3.05, 3.63) is 59.7 Å². The van der Waals surface area contributed by atoms with Crippen molar-refractivity contribution in [2.75, 3.05) is 14.2 Å². The number of ketones is 1. The molecule has 1 amide bonds. The minimum absolute atomic E-state index is 0.0346. The van der Waals surface area contributed by atoms with Gasteiger partial charge >= 0.3 is 0 Å². The number of hydrogen-bond donors (Lipinski definition) is 0. The second-order valence-corrected chi connectivity index (χ2v) is 7.12. The van der Waals surface area contributed by atoms with E-state index in [-0.39, 0.29) is 29.7 Å². The quantitative estimate of drug-likeness (QED) is 0.773. The molecular formula is C23H27NO4. The molecule has 1 saturated heterocycles. The zero-order valence-corrected chi connectivity index (χ0v) is 16.8. The summed E-state index contributed by atoms with van der Waals surface area (Å²) in [6.07, 6.45) is 1.02. The van der Waals surface area contributed by atoms with Crippen molar-refractivity contribution < 1.29 is 19.1 Å². The largest absolute Gasteiger partial charge is 0.497 e. The monoisotopic (exact) mass is 381 g/mol. The molecule has 0 N–H and O–H groups in total. The van der Waals surface area contributed by atoms with Crippen LogP contribution < -0.4 is 9.47 Å². The van der Waals surface area contributed by atoms with Crippen molar-refractivity contribution in [2.45, 2.75) is 38.8 Å². The third kappa shape index (κ3) is 3.75. The van der Waals surface area contributed by atoms with Crippen molar-refractivity contribution in [1.29, 1.82) is 0 Å². The predicted octanol–water partition coefficient (Wildman–Crippen LogP) is 4.33. The van der Waals surface area contributed by atoms with Crippen LogP contribution in [0.4, 0.5) is 0 Å². The van der Waals surface area contributed by atoms with Gasteiger partial charge in [0.2, 0.25) is 5.91 Å². The molecule has 1 heterocycles. The zero-order valence-electron chi connectivity index (χ0n) is 16.8. The van der Waals surface area contributed by atoms with Crippen molar-refractivity contribution >= 4 is 11.7 Å². The molecule has 0 aliphatic carbocycles. The highest BCUT2D eigenvalue weighted by atomic mass is 16.5. The standard InChI is InChI=1S/C23H27NO4/c1-5-20-22(26)14-21(16-6-10-18(27-3)11-7-16)24(15(2)25)23(20)17-8-12-19(28-4)13-9-17/h6-13,20-21,23H,5,14H2,1-4H3/t20-,21+,23+/m1/s1. The third-order valence-electron chi connectivity index (χ3n) is 5.59. The molecule has 0 aromatic heterocycles. The number of carbonyl (C=O) groups is 2. The average molecular weight is 381 g/mol. The minimum Gasteiger partial charge on any atom is -0.497 e. The van der Waals surface area contributed by atoms with E-state index in [9.17, 15) is 9.59 Å². The van der Waals surface area contributed by atoms with Gasteiger partial charge < -0.3 is 14.4 Å². The number of rotatable bonds is 5. The van der Waals surface area contributed by atoms with Crippen LogP contribution in [0.25, 0.3) is 0 Å². The maximum Gasteiger partial charge on any atom is 0.220 e. The SMILES string of the molecule is CC[C@@H]1C(=O)C[C@@H](c2ccc(OC)cc2)N(C(C)=O)[C@H]1c1ccc(OC)cc1. The number of carbonyl (C=O) groups excluding carboxylic acids is 2. The van der Waals surface area contributed by atoms with Crippen LogP contribution >= 0.6 is 0 Å². The third-order valence-corrected chi connectivity index (χ3v) is 5.59. The van der Waals surface area contributed by atoms with Crippen LogP contribution in [-0.2, 0) is 9.59 Å². The summed E-state index contributed by atoms with van der Waals surface area (Å²) in [4.78, 5) is 27.6. The van der Waals surface area contributed by atoms with Crippen LogP contribution in [0.2, 0.25) is 0 Å². The Morgan fingerprint density at radius 1 is 0.964 bits per heavy atom. The molecule has 0 radical (unpaired) electrons. The van der Waals surface area contributed by atoms with Gasteiger partial charge in [-0.05, 0) is 41.8 Å². The van der Waals surface area contributed by atoms with Crippen LogP contribution in [0.15, 0.2) is 48.5 Å². The van der Waals surface area contributed by atoms with Gasteiger partial charge in [-0.3, -0.25) is 9.59 Å². The van der Waals surface area contributed by atoms with E-state index in [1.54, 1.807) is 21.1 Å². The maximum absolute atomic E-state index is 13.0. The molecule has 5 nitrogen and oxygen atoms in total. The molecule has 2 aromatic carbocycles. The second kappa shape index (κ2) is 8.46. The van der Waals surface area contributed by atoms with E-state index in [0.29, 0.717) is 12.8 Å². The van der Waals surface area contributed by atoms with E-state index in [1.807, 2.05) is 60.4 Å². The molecule has 3 rings (SSSR count). The van der Waals surface area contributed by atoms with Gasteiger partial charge in [0.15, 0.2) is 0 Å². The fraction of sp³-hybridized carbons (Fsp3) is 0.391. The topological polar surface area (TPSA) is 55.8 Å². The lowest BCUT2D eigenvalue weighted by Crippen LogP contribution is -2.47. The molecule has 28 heavy (non-hydrogen) atoms. The lowest BCUT2D eigenvalue weighted by Gasteiger charge is -2.45. The van der Waals surface area contributed by atoms with E-state index in [1.165, 1.54) is 0 Å². The van der Waals surface area contributed by atoms with Gasteiger partial charge in [-0.25, -0.2) is 0 Å². The van der Waals surface area contributed by atoms with Crippen LogP contribution in [0.3, 0.4) is 0 Å². The van der Waals surface area contributed by atoms with E-state index in [0.717, 1.165) is 22.6 Å². The Balaban J connectivity index is 2.06. The molecule has 5 heteroatoms. The first kappa shape index (κ1) is 19.9.